The van der Waals surface area contributed by atoms with E-state index < -0.39 is 6.04 Å². The zero-order valence-electron chi connectivity index (χ0n) is 35.9. The summed E-state index contributed by atoms with van der Waals surface area (Å²) >= 11 is 1.63. The van der Waals surface area contributed by atoms with Gasteiger partial charge in [0.1, 0.15) is 46.5 Å². The van der Waals surface area contributed by atoms with Gasteiger partial charge in [0.15, 0.2) is 23.2 Å². The summed E-state index contributed by atoms with van der Waals surface area (Å²) in [6.07, 6.45) is 8.59. The van der Waals surface area contributed by atoms with Gasteiger partial charge in [0, 0.05) is 58.1 Å². The van der Waals surface area contributed by atoms with Crippen molar-refractivity contribution >= 4 is 28.8 Å². The van der Waals surface area contributed by atoms with E-state index in [2.05, 4.69) is 60.4 Å². The number of fused-ring (bicyclic) bond motifs is 3. The molecule has 2 saturated carbocycles. The van der Waals surface area contributed by atoms with Crippen molar-refractivity contribution in [3.8, 4) is 34.4 Å². The second-order valence-electron chi connectivity index (χ2n) is 17.3. The first kappa shape index (κ1) is 41.1. The number of ether oxygens (including phenoxy) is 2. The molecule has 0 bridgehead atoms. The standard InChI is InChI=1S/C48H45FN10O4S/c1-27-28(2)64-47-43(27)44(53-39(21-42-51-17-18-62-42)45-57-54-29(3)59(45)47)36-14-7-30(19-37(36)49)5-6-31-22-48(23-31)25-58(26-48)41-16-15-38(55-56-41)46(60)52-33-9-12-34(13-10-33)63-35-11-8-32(24-50)40(20-35)61-4/h7-8,11,14-20,31,33-34,39H,9-10,12-13,21-23,25-26H2,1-4H3,(H,52,60). The van der Waals surface area contributed by atoms with Crippen LogP contribution in [-0.2, 0) is 6.42 Å². The molecule has 64 heavy (non-hydrogen) atoms. The predicted octanol–water partition coefficient (Wildman–Crippen LogP) is 7.57. The molecule has 324 valence electrons. The van der Waals surface area contributed by atoms with Crippen LogP contribution in [0.2, 0.25) is 0 Å². The third-order valence-corrected chi connectivity index (χ3v) is 14.2. The summed E-state index contributed by atoms with van der Waals surface area (Å²) in [5.41, 5.74) is 4.45. The van der Waals surface area contributed by atoms with Crippen molar-refractivity contribution in [1.82, 2.24) is 35.3 Å². The summed E-state index contributed by atoms with van der Waals surface area (Å²) in [7, 11) is 1.53. The zero-order valence-corrected chi connectivity index (χ0v) is 36.7. The molecule has 6 heterocycles. The highest BCUT2D eigenvalue weighted by molar-refractivity contribution is 7.15. The number of methoxy groups -OCH3 is 1. The van der Waals surface area contributed by atoms with Crippen LogP contribution in [0.1, 0.15) is 105 Å². The third-order valence-electron chi connectivity index (χ3n) is 13.0. The average Bonchev–Trinajstić information content (AvgIpc) is 3.98. The molecule has 14 nitrogen and oxygen atoms in total. The number of carbonyl (C=O) groups is 1. The van der Waals surface area contributed by atoms with E-state index in [1.54, 1.807) is 47.9 Å². The predicted molar refractivity (Wildman–Crippen MR) is 237 cm³/mol. The maximum Gasteiger partial charge on any atom is 0.272 e. The number of nitriles is 1. The smallest absolute Gasteiger partial charge is 0.272 e. The van der Waals surface area contributed by atoms with Crippen molar-refractivity contribution in [2.75, 3.05) is 25.1 Å². The van der Waals surface area contributed by atoms with E-state index >= 15 is 4.39 Å². The van der Waals surface area contributed by atoms with Gasteiger partial charge in [-0.1, -0.05) is 11.8 Å². The van der Waals surface area contributed by atoms with Crippen LogP contribution >= 0.6 is 11.3 Å². The van der Waals surface area contributed by atoms with Crippen LogP contribution in [0.5, 0.6) is 11.5 Å². The van der Waals surface area contributed by atoms with E-state index in [0.29, 0.717) is 57.7 Å². The van der Waals surface area contributed by atoms with Crippen LogP contribution in [0.4, 0.5) is 10.2 Å². The molecule has 0 radical (unpaired) electrons. The molecule has 1 atom stereocenters. The minimum absolute atomic E-state index is 0.0190. The molecule has 2 aromatic carbocycles. The van der Waals surface area contributed by atoms with Gasteiger partial charge < -0.3 is 24.1 Å². The van der Waals surface area contributed by atoms with Gasteiger partial charge in [0.25, 0.3) is 5.91 Å². The van der Waals surface area contributed by atoms with Crippen LogP contribution in [0.3, 0.4) is 0 Å². The number of hydrogen-bond donors (Lipinski definition) is 1. The summed E-state index contributed by atoms with van der Waals surface area (Å²) in [6.45, 7) is 7.74. The lowest BCUT2D eigenvalue weighted by Gasteiger charge is -2.58. The molecular formula is C48H45FN10O4S. The van der Waals surface area contributed by atoms with E-state index in [0.717, 1.165) is 84.3 Å². The highest BCUT2D eigenvalue weighted by atomic mass is 32.1. The van der Waals surface area contributed by atoms with E-state index in [9.17, 15) is 10.1 Å². The van der Waals surface area contributed by atoms with Crippen LogP contribution in [0, 0.1) is 61.1 Å². The summed E-state index contributed by atoms with van der Waals surface area (Å²) in [4.78, 5) is 25.9. The molecule has 3 fully saturated rings. The topological polar surface area (TPSA) is 169 Å². The molecule has 1 N–H and O–H groups in total. The SMILES string of the molecule is COc1cc(OC2CCC(NC(=O)c3ccc(N4CC5(CC(C#Cc6ccc(C7=NC(Cc8ncco8)c8nnc(C)n8-c8sc(C)c(C)c87)c(F)c6)C5)C4)nn3)CC2)ccc1C#N. The second kappa shape index (κ2) is 16.7. The molecule has 2 aliphatic heterocycles. The van der Waals surface area contributed by atoms with Crippen molar-refractivity contribution < 1.29 is 23.1 Å². The number of oxazole rings is 1. The van der Waals surface area contributed by atoms with Gasteiger partial charge in [-0.25, -0.2) is 9.37 Å². The zero-order chi connectivity index (χ0) is 44.1. The molecule has 10 rings (SSSR count). The minimum atomic E-state index is -0.489. The normalized spacial score (nSPS) is 19.7. The number of amides is 1. The van der Waals surface area contributed by atoms with Crippen molar-refractivity contribution in [1.29, 1.82) is 5.26 Å². The van der Waals surface area contributed by atoms with E-state index in [1.165, 1.54) is 19.4 Å². The molecule has 4 aliphatic rings. The van der Waals surface area contributed by atoms with E-state index in [1.807, 2.05) is 30.5 Å². The highest BCUT2D eigenvalue weighted by Crippen LogP contribution is 2.52. The molecule has 1 spiro atoms. The number of halogens is 1. The van der Waals surface area contributed by atoms with Gasteiger partial charge in [0.2, 0.25) is 0 Å². The summed E-state index contributed by atoms with van der Waals surface area (Å²) in [6, 6.07) is 15.7. The molecule has 1 unspecified atom stereocenters. The van der Waals surface area contributed by atoms with Crippen molar-refractivity contribution in [2.24, 2.45) is 16.3 Å². The highest BCUT2D eigenvalue weighted by Gasteiger charge is 2.52. The van der Waals surface area contributed by atoms with Crippen molar-refractivity contribution in [3.05, 3.63) is 123 Å². The third kappa shape index (κ3) is 7.76. The molecule has 6 aromatic rings. The van der Waals surface area contributed by atoms with Crippen LogP contribution in [-0.4, -0.2) is 73.9 Å². The Morgan fingerprint density at radius 2 is 1.86 bits per heavy atom. The lowest BCUT2D eigenvalue weighted by Crippen LogP contribution is -2.62. The van der Waals surface area contributed by atoms with E-state index in [-0.39, 0.29) is 35.2 Å². The van der Waals surface area contributed by atoms with Crippen LogP contribution in [0.25, 0.3) is 5.00 Å². The fraction of sp³-hybridized carbons (Fsp3) is 0.375. The quantitative estimate of drug-likeness (QED) is 0.142. The average molecular weight is 877 g/mol. The summed E-state index contributed by atoms with van der Waals surface area (Å²) in [5, 5.41) is 30.9. The molecule has 16 heteroatoms. The minimum Gasteiger partial charge on any atom is -0.495 e. The van der Waals surface area contributed by atoms with Gasteiger partial charge in [-0.05, 0) is 107 Å². The lowest BCUT2D eigenvalue weighted by molar-refractivity contribution is 0.0520. The van der Waals surface area contributed by atoms with Crippen molar-refractivity contribution in [2.45, 2.75) is 83.9 Å². The molecular weight excluding hydrogens is 832 g/mol. The Hall–Kier alpha value is -6.91. The number of benzene rings is 2. The Morgan fingerprint density at radius 3 is 2.58 bits per heavy atom. The molecule has 4 aromatic heterocycles. The first-order valence-corrected chi connectivity index (χ1v) is 22.3. The number of aromatic nitrogens is 6. The molecule has 1 amide bonds. The number of nitrogens with one attached hydrogen (secondary N) is 1. The number of aryl methyl sites for hydroxylation is 2. The Kier molecular flexibility index (Phi) is 10.7. The maximum atomic E-state index is 16.3. The van der Waals surface area contributed by atoms with Crippen LogP contribution in [0.15, 0.2) is 70.4 Å². The molecule has 1 saturated heterocycles. The van der Waals surface area contributed by atoms with Gasteiger partial charge in [-0.2, -0.15) is 5.26 Å². The molecule has 2 aliphatic carbocycles. The van der Waals surface area contributed by atoms with Crippen LogP contribution < -0.4 is 19.7 Å². The van der Waals surface area contributed by atoms with Gasteiger partial charge in [-0.3, -0.25) is 14.4 Å². The number of aliphatic imine (C=N–C) groups is 1. The van der Waals surface area contributed by atoms with E-state index in [4.69, 9.17) is 18.9 Å². The largest absolute Gasteiger partial charge is 0.495 e. The van der Waals surface area contributed by atoms with Gasteiger partial charge in [0.05, 0.1) is 37.1 Å². The fourth-order valence-electron chi connectivity index (χ4n) is 9.50. The number of anilines is 1. The number of thiophene rings is 1. The monoisotopic (exact) mass is 876 g/mol. The number of rotatable bonds is 9. The van der Waals surface area contributed by atoms with Crippen molar-refractivity contribution in [3.63, 3.8) is 0 Å². The Morgan fingerprint density at radius 1 is 1.03 bits per heavy atom. The summed E-state index contributed by atoms with van der Waals surface area (Å²) < 4.78 is 35.3. The lowest BCUT2D eigenvalue weighted by atomic mass is 9.58. The fourth-order valence-corrected chi connectivity index (χ4v) is 10.7. The Balaban J connectivity index is 0.729. The Bertz CT molecular complexity index is 2890. The number of carbonyl (C=O) groups excluding carboxylic acids is 1. The second-order valence-corrected chi connectivity index (χ2v) is 18.5. The first-order valence-electron chi connectivity index (χ1n) is 21.5. The first-order chi connectivity index (χ1) is 31.1. The van der Waals surface area contributed by atoms with Gasteiger partial charge in [-0.15, -0.1) is 31.7 Å². The number of nitrogens with zero attached hydrogens (tertiary/aromatic N) is 9. The van der Waals surface area contributed by atoms with Gasteiger partial charge >= 0.3 is 0 Å². The summed E-state index contributed by atoms with van der Waals surface area (Å²) in [5.74, 6) is 10.1. The maximum absolute atomic E-state index is 16.3. The number of hydrogen-bond acceptors (Lipinski definition) is 13. The Labute approximate surface area is 373 Å².